The molecule has 140 valence electrons. The van der Waals surface area contributed by atoms with Gasteiger partial charge in [-0.2, -0.15) is 0 Å². The molecule has 6 heteroatoms. The zero-order valence-electron chi connectivity index (χ0n) is 16.1. The average molecular weight is 365 g/mol. The molecule has 5 nitrogen and oxygen atoms in total. The van der Waals surface area contributed by atoms with Crippen LogP contribution in [0.1, 0.15) is 22.4 Å². The highest BCUT2D eigenvalue weighted by Gasteiger charge is 2.10. The van der Waals surface area contributed by atoms with Crippen LogP contribution in [0.4, 0.5) is 10.2 Å². The van der Waals surface area contributed by atoms with Crippen molar-refractivity contribution >= 4 is 5.82 Å². The van der Waals surface area contributed by atoms with Crippen LogP contribution in [-0.4, -0.2) is 33.9 Å². The first-order valence-electron chi connectivity index (χ1n) is 8.85. The standard InChI is InChI=1S/C21H24FN5/c1-14-15(2)25-21(17-7-9-23-10-8-17)26-20(14)24-12-16-5-6-18(13-27(3)4)19(22)11-16/h5-11H,12-13H2,1-4H3,(H,24,25,26). The lowest BCUT2D eigenvalue weighted by molar-refractivity contribution is 0.392. The molecule has 0 amide bonds. The molecule has 3 rings (SSSR count). The molecule has 27 heavy (non-hydrogen) atoms. The summed E-state index contributed by atoms with van der Waals surface area (Å²) in [5.74, 6) is 1.22. The summed E-state index contributed by atoms with van der Waals surface area (Å²) in [6, 6.07) is 9.13. The molecule has 2 aromatic heterocycles. The fraction of sp³-hybridized carbons (Fsp3) is 0.286. The average Bonchev–Trinajstić information content (AvgIpc) is 2.65. The van der Waals surface area contributed by atoms with E-state index in [4.69, 9.17) is 0 Å². The van der Waals surface area contributed by atoms with Crippen molar-refractivity contribution < 1.29 is 4.39 Å². The molecule has 1 N–H and O–H groups in total. The van der Waals surface area contributed by atoms with Crippen LogP contribution in [0.15, 0.2) is 42.7 Å². The summed E-state index contributed by atoms with van der Waals surface area (Å²) < 4.78 is 14.3. The lowest BCUT2D eigenvalue weighted by Crippen LogP contribution is -2.12. The topological polar surface area (TPSA) is 53.9 Å². The minimum atomic E-state index is -0.184. The second-order valence-corrected chi connectivity index (χ2v) is 6.86. The molecule has 1 aromatic carbocycles. The van der Waals surface area contributed by atoms with Crippen molar-refractivity contribution in [2.75, 3.05) is 19.4 Å². The van der Waals surface area contributed by atoms with Crippen molar-refractivity contribution in [2.45, 2.75) is 26.9 Å². The minimum Gasteiger partial charge on any atom is -0.366 e. The Morgan fingerprint density at radius 2 is 1.78 bits per heavy atom. The van der Waals surface area contributed by atoms with E-state index in [2.05, 4.69) is 20.3 Å². The first kappa shape index (κ1) is 18.9. The highest BCUT2D eigenvalue weighted by molar-refractivity contribution is 5.59. The predicted octanol–water partition coefficient (Wildman–Crippen LogP) is 3.97. The monoisotopic (exact) mass is 365 g/mol. The van der Waals surface area contributed by atoms with Gasteiger partial charge in [-0.3, -0.25) is 4.98 Å². The van der Waals surface area contributed by atoms with Gasteiger partial charge in [0.1, 0.15) is 11.6 Å². The maximum absolute atomic E-state index is 14.3. The maximum atomic E-state index is 14.3. The number of halogens is 1. The molecule has 0 atom stereocenters. The van der Waals surface area contributed by atoms with E-state index in [1.807, 2.05) is 57.1 Å². The summed E-state index contributed by atoms with van der Waals surface area (Å²) in [6.07, 6.45) is 3.44. The fourth-order valence-corrected chi connectivity index (χ4v) is 2.79. The maximum Gasteiger partial charge on any atom is 0.161 e. The highest BCUT2D eigenvalue weighted by Crippen LogP contribution is 2.22. The molecule has 0 fully saturated rings. The van der Waals surface area contributed by atoms with E-state index in [-0.39, 0.29) is 5.82 Å². The molecule has 0 radical (unpaired) electrons. The van der Waals surface area contributed by atoms with Crippen LogP contribution >= 0.6 is 0 Å². The summed E-state index contributed by atoms with van der Waals surface area (Å²) in [5.41, 5.74) is 4.37. The quantitative estimate of drug-likeness (QED) is 0.716. The molecular weight excluding hydrogens is 341 g/mol. The number of nitrogens with one attached hydrogen (secondary N) is 1. The second kappa shape index (κ2) is 8.22. The number of nitrogens with zero attached hydrogens (tertiary/aromatic N) is 4. The molecule has 0 saturated carbocycles. The van der Waals surface area contributed by atoms with Gasteiger partial charge in [-0.15, -0.1) is 0 Å². The van der Waals surface area contributed by atoms with Crippen LogP contribution in [-0.2, 0) is 13.1 Å². The Labute approximate surface area is 159 Å². The summed E-state index contributed by atoms with van der Waals surface area (Å²) >= 11 is 0. The molecule has 0 unspecified atom stereocenters. The van der Waals surface area contributed by atoms with Gasteiger partial charge in [0.25, 0.3) is 0 Å². The number of aryl methyl sites for hydroxylation is 1. The van der Waals surface area contributed by atoms with Gasteiger partial charge >= 0.3 is 0 Å². The van der Waals surface area contributed by atoms with E-state index in [0.717, 1.165) is 28.2 Å². The molecule has 0 spiro atoms. The second-order valence-electron chi connectivity index (χ2n) is 6.86. The molecule has 0 aliphatic heterocycles. The van der Waals surface area contributed by atoms with Crippen LogP contribution in [0.5, 0.6) is 0 Å². The van der Waals surface area contributed by atoms with E-state index < -0.39 is 0 Å². The van der Waals surface area contributed by atoms with Gasteiger partial charge in [-0.1, -0.05) is 12.1 Å². The molecule has 0 saturated heterocycles. The highest BCUT2D eigenvalue weighted by atomic mass is 19.1. The zero-order chi connectivity index (χ0) is 19.4. The SMILES string of the molecule is Cc1nc(-c2ccncc2)nc(NCc2ccc(CN(C)C)c(F)c2)c1C. The molecular formula is C21H24FN5. The third kappa shape index (κ3) is 4.65. The first-order chi connectivity index (χ1) is 12.9. The smallest absolute Gasteiger partial charge is 0.161 e. The van der Waals surface area contributed by atoms with Crippen molar-refractivity contribution in [3.05, 3.63) is 70.9 Å². The lowest BCUT2D eigenvalue weighted by Gasteiger charge is -2.14. The predicted molar refractivity (Wildman–Crippen MR) is 106 cm³/mol. The number of hydrogen-bond donors (Lipinski definition) is 1. The lowest BCUT2D eigenvalue weighted by atomic mass is 10.1. The van der Waals surface area contributed by atoms with Crippen molar-refractivity contribution in [1.82, 2.24) is 19.9 Å². The third-order valence-corrected chi connectivity index (χ3v) is 4.39. The normalized spacial score (nSPS) is 11.0. The van der Waals surface area contributed by atoms with E-state index in [1.54, 1.807) is 18.5 Å². The Balaban J connectivity index is 1.80. The van der Waals surface area contributed by atoms with E-state index in [0.29, 0.717) is 24.5 Å². The Morgan fingerprint density at radius 1 is 1.04 bits per heavy atom. The summed E-state index contributed by atoms with van der Waals surface area (Å²) in [4.78, 5) is 15.2. The Hall–Kier alpha value is -2.86. The fourth-order valence-electron chi connectivity index (χ4n) is 2.79. The van der Waals surface area contributed by atoms with Crippen LogP contribution in [0.2, 0.25) is 0 Å². The molecule has 3 aromatic rings. The van der Waals surface area contributed by atoms with Crippen LogP contribution in [0.3, 0.4) is 0 Å². The Morgan fingerprint density at radius 3 is 2.44 bits per heavy atom. The molecule has 0 aliphatic carbocycles. The van der Waals surface area contributed by atoms with E-state index in [9.17, 15) is 4.39 Å². The Kier molecular flexibility index (Phi) is 5.76. The molecule has 0 aliphatic rings. The third-order valence-electron chi connectivity index (χ3n) is 4.39. The number of hydrogen-bond acceptors (Lipinski definition) is 5. The van der Waals surface area contributed by atoms with Crippen molar-refractivity contribution in [3.8, 4) is 11.4 Å². The van der Waals surface area contributed by atoms with Gasteiger partial charge < -0.3 is 10.2 Å². The van der Waals surface area contributed by atoms with Gasteiger partial charge in [-0.05, 0) is 51.7 Å². The van der Waals surface area contributed by atoms with Gasteiger partial charge in [0, 0.05) is 47.9 Å². The summed E-state index contributed by atoms with van der Waals surface area (Å²) in [7, 11) is 3.85. The number of pyridine rings is 1. The summed E-state index contributed by atoms with van der Waals surface area (Å²) in [5, 5.41) is 3.32. The summed E-state index contributed by atoms with van der Waals surface area (Å²) in [6.45, 7) is 5.02. The zero-order valence-corrected chi connectivity index (χ0v) is 16.1. The number of anilines is 1. The van der Waals surface area contributed by atoms with Gasteiger partial charge in [0.2, 0.25) is 0 Å². The molecule has 2 heterocycles. The molecule has 0 bridgehead atoms. The van der Waals surface area contributed by atoms with E-state index in [1.165, 1.54) is 0 Å². The minimum absolute atomic E-state index is 0.184. The van der Waals surface area contributed by atoms with Crippen molar-refractivity contribution in [3.63, 3.8) is 0 Å². The number of aromatic nitrogens is 3. The van der Waals surface area contributed by atoms with Gasteiger partial charge in [0.05, 0.1) is 0 Å². The number of benzene rings is 1. The van der Waals surface area contributed by atoms with Crippen LogP contribution in [0.25, 0.3) is 11.4 Å². The first-order valence-corrected chi connectivity index (χ1v) is 8.85. The van der Waals surface area contributed by atoms with Crippen LogP contribution in [0, 0.1) is 19.7 Å². The van der Waals surface area contributed by atoms with Crippen LogP contribution < -0.4 is 5.32 Å². The number of rotatable bonds is 6. The van der Waals surface area contributed by atoms with Crippen molar-refractivity contribution in [2.24, 2.45) is 0 Å². The van der Waals surface area contributed by atoms with Crippen molar-refractivity contribution in [1.29, 1.82) is 0 Å². The van der Waals surface area contributed by atoms with E-state index >= 15 is 0 Å². The Bertz CT molecular complexity index is 925. The largest absolute Gasteiger partial charge is 0.366 e. The van der Waals surface area contributed by atoms with Gasteiger partial charge in [0.15, 0.2) is 5.82 Å². The van der Waals surface area contributed by atoms with Gasteiger partial charge in [-0.25, -0.2) is 14.4 Å².